The number of carboxylic acids is 1. The molecule has 1 aliphatic heterocycles. The number of likely N-dealkylation sites (tertiary alicyclic amines) is 1. The number of aromatic amines is 2. The van der Waals surface area contributed by atoms with Gasteiger partial charge < -0.3 is 30.1 Å². The molecule has 1 fully saturated rings. The number of nitrogens with zero attached hydrogens (tertiary/aromatic N) is 3. The van der Waals surface area contributed by atoms with Gasteiger partial charge in [-0.2, -0.15) is 0 Å². The highest BCUT2D eigenvalue weighted by atomic mass is 16.5. The van der Waals surface area contributed by atoms with Crippen LogP contribution in [0, 0.1) is 5.92 Å². The molecule has 0 spiro atoms. The van der Waals surface area contributed by atoms with E-state index in [9.17, 15) is 9.90 Å². The number of aromatic nitrogens is 3. The molecule has 5 rings (SSSR count). The number of fused-ring (bicyclic) bond motifs is 1. The Kier molecular flexibility index (Phi) is 11.0. The second kappa shape index (κ2) is 15.5. The summed E-state index contributed by atoms with van der Waals surface area (Å²) < 4.78 is 11.9. The summed E-state index contributed by atoms with van der Waals surface area (Å²) in [6.45, 7) is 5.83. The standard InChI is InChI=1S/C33H43N7O4/c1-34-13-6-14-39(2)20-26-18-35-32-31(26)33(37-23-36-32)38-27-9-10-28(29(17-27)44-22-30(41)42)43-21-25-11-15-40(16-12-25)19-24-7-4-3-5-8-24/h3-5,7-10,17-18,23,25,34H,6,11-16,19-22H2,1-2H3,(H,41,42)(H2,35,36,37,38)/p+1. The van der Waals surface area contributed by atoms with Crippen molar-refractivity contribution in [1.82, 2.24) is 25.1 Å². The van der Waals surface area contributed by atoms with Crippen LogP contribution in [-0.2, 0) is 17.9 Å². The molecule has 234 valence electrons. The summed E-state index contributed by atoms with van der Waals surface area (Å²) in [7, 11) is 4.08. The summed E-state index contributed by atoms with van der Waals surface area (Å²) in [5.41, 5.74) is 4.05. The Labute approximate surface area is 258 Å². The van der Waals surface area contributed by atoms with E-state index in [0.717, 1.165) is 80.8 Å². The summed E-state index contributed by atoms with van der Waals surface area (Å²) >= 11 is 0. The normalized spacial score (nSPS) is 14.2. The third kappa shape index (κ3) is 8.68. The first-order valence-electron chi connectivity index (χ1n) is 15.3. The van der Waals surface area contributed by atoms with Crippen LogP contribution in [0.4, 0.5) is 11.5 Å². The van der Waals surface area contributed by atoms with Crippen molar-refractivity contribution in [2.24, 2.45) is 5.92 Å². The van der Waals surface area contributed by atoms with Gasteiger partial charge in [0.15, 0.2) is 18.1 Å². The lowest BCUT2D eigenvalue weighted by Crippen LogP contribution is -2.35. The number of hydrogen-bond donors (Lipinski definition) is 4. The molecule has 0 aliphatic carbocycles. The zero-order chi connectivity index (χ0) is 30.7. The molecular formula is C33H44N7O4+. The van der Waals surface area contributed by atoms with Crippen molar-refractivity contribution >= 4 is 28.5 Å². The highest BCUT2D eigenvalue weighted by molar-refractivity contribution is 5.90. The van der Waals surface area contributed by atoms with E-state index in [1.165, 1.54) is 5.56 Å². The predicted octanol–water partition coefficient (Wildman–Crippen LogP) is 3.92. The number of carbonyl (C=O) groups is 1. The number of carboxylic acid groups (broad SMARTS) is 1. The molecule has 1 saturated heterocycles. The lowest BCUT2D eigenvalue weighted by atomic mass is 9.97. The van der Waals surface area contributed by atoms with Crippen molar-refractivity contribution < 1.29 is 24.4 Å². The summed E-state index contributed by atoms with van der Waals surface area (Å²) in [5, 5.41) is 16.9. The molecular weight excluding hydrogens is 558 g/mol. The van der Waals surface area contributed by atoms with E-state index in [-0.39, 0.29) is 0 Å². The summed E-state index contributed by atoms with van der Waals surface area (Å²) in [4.78, 5) is 27.2. The molecule has 2 aromatic heterocycles. The topological polar surface area (TPSA) is 129 Å². The lowest BCUT2D eigenvalue weighted by Gasteiger charge is -2.32. The average Bonchev–Trinajstić information content (AvgIpc) is 3.44. The van der Waals surface area contributed by atoms with E-state index >= 15 is 0 Å². The molecule has 11 heteroatoms. The Balaban J connectivity index is 1.24. The summed E-state index contributed by atoms with van der Waals surface area (Å²) in [5.74, 6) is 0.995. The van der Waals surface area contributed by atoms with E-state index in [1.54, 1.807) is 12.4 Å². The van der Waals surface area contributed by atoms with E-state index in [2.05, 4.69) is 66.7 Å². The highest BCUT2D eigenvalue weighted by Gasteiger charge is 2.22. The third-order valence-corrected chi connectivity index (χ3v) is 8.00. The molecule has 3 heterocycles. The lowest BCUT2D eigenvalue weighted by molar-refractivity contribution is -0.352. The fourth-order valence-electron chi connectivity index (χ4n) is 5.64. The Morgan fingerprint density at radius 2 is 1.98 bits per heavy atom. The number of anilines is 2. The predicted molar refractivity (Wildman–Crippen MR) is 170 cm³/mol. The molecule has 0 amide bonds. The van der Waals surface area contributed by atoms with Crippen LogP contribution in [0.25, 0.3) is 11.0 Å². The molecule has 11 nitrogen and oxygen atoms in total. The van der Waals surface area contributed by atoms with Crippen molar-refractivity contribution in [2.75, 3.05) is 58.8 Å². The maximum absolute atomic E-state index is 11.3. The molecule has 1 aliphatic rings. The maximum atomic E-state index is 11.3. The van der Waals surface area contributed by atoms with Crippen molar-refractivity contribution in [2.45, 2.75) is 32.4 Å². The van der Waals surface area contributed by atoms with Gasteiger partial charge in [-0.1, -0.05) is 35.3 Å². The van der Waals surface area contributed by atoms with Crippen LogP contribution in [0.5, 0.6) is 11.5 Å². The monoisotopic (exact) mass is 602 g/mol. The number of H-pyrrole nitrogens is 2. The number of benzene rings is 2. The maximum Gasteiger partial charge on any atom is 0.341 e. The van der Waals surface area contributed by atoms with Crippen LogP contribution < -0.4 is 25.1 Å². The van der Waals surface area contributed by atoms with Crippen LogP contribution in [0.3, 0.4) is 0 Å². The van der Waals surface area contributed by atoms with Gasteiger partial charge in [-0.3, -0.25) is 9.88 Å². The quantitative estimate of drug-likeness (QED) is 0.141. The third-order valence-electron chi connectivity index (χ3n) is 8.00. The van der Waals surface area contributed by atoms with Gasteiger partial charge in [0.05, 0.1) is 12.8 Å². The first-order chi connectivity index (χ1) is 21.5. The average molecular weight is 603 g/mol. The Bertz CT molecular complexity index is 1490. The minimum atomic E-state index is -1.04. The van der Waals surface area contributed by atoms with E-state index in [1.807, 2.05) is 31.4 Å². The van der Waals surface area contributed by atoms with Gasteiger partial charge in [-0.25, -0.2) is 9.78 Å². The van der Waals surface area contributed by atoms with Gasteiger partial charge in [0.25, 0.3) is 0 Å². The molecule has 0 bridgehead atoms. The largest absolute Gasteiger partial charge is 0.489 e. The van der Waals surface area contributed by atoms with Gasteiger partial charge >= 0.3 is 5.97 Å². The smallest absolute Gasteiger partial charge is 0.341 e. The minimum absolute atomic E-state index is 0.385. The van der Waals surface area contributed by atoms with Gasteiger partial charge in [0.2, 0.25) is 17.8 Å². The molecule has 2 aromatic carbocycles. The Morgan fingerprint density at radius 3 is 2.75 bits per heavy atom. The number of aliphatic carboxylic acids is 1. The van der Waals surface area contributed by atoms with Gasteiger partial charge in [-0.05, 0) is 83.2 Å². The molecule has 0 saturated carbocycles. The number of ether oxygens (including phenoxy) is 2. The molecule has 0 radical (unpaired) electrons. The summed E-state index contributed by atoms with van der Waals surface area (Å²) in [6.07, 6.45) is 6.81. The van der Waals surface area contributed by atoms with Crippen molar-refractivity contribution in [3.05, 3.63) is 72.2 Å². The van der Waals surface area contributed by atoms with Crippen molar-refractivity contribution in [3.63, 3.8) is 0 Å². The highest BCUT2D eigenvalue weighted by Crippen LogP contribution is 2.34. The first-order valence-corrected chi connectivity index (χ1v) is 15.3. The molecule has 5 N–H and O–H groups in total. The molecule has 44 heavy (non-hydrogen) atoms. The fourth-order valence-corrected chi connectivity index (χ4v) is 5.64. The van der Waals surface area contributed by atoms with Gasteiger partial charge in [0.1, 0.15) is 5.39 Å². The molecule has 0 unspecified atom stereocenters. The van der Waals surface area contributed by atoms with Crippen molar-refractivity contribution in [3.8, 4) is 11.5 Å². The Morgan fingerprint density at radius 1 is 1.16 bits per heavy atom. The fraction of sp³-hybridized carbons (Fsp3) is 0.424. The second-order valence-electron chi connectivity index (χ2n) is 11.5. The van der Waals surface area contributed by atoms with Crippen LogP contribution in [-0.4, -0.2) is 84.3 Å². The van der Waals surface area contributed by atoms with E-state index < -0.39 is 12.6 Å². The van der Waals surface area contributed by atoms with E-state index in [4.69, 9.17) is 9.47 Å². The SMILES string of the molecule is CNCCCN(C)Cc1c[nH]c2[nH+]cnc(Nc3ccc(OCC4CCN(Cc5ccccc5)CC4)c(OCC(=O)O)c3)c12. The zero-order valence-electron chi connectivity index (χ0n) is 25.6. The number of rotatable bonds is 16. The minimum Gasteiger partial charge on any atom is -0.489 e. The Hall–Kier alpha value is -4.19. The number of hydrogen-bond acceptors (Lipinski definition) is 8. The van der Waals surface area contributed by atoms with Gasteiger partial charge in [0, 0.05) is 30.4 Å². The van der Waals surface area contributed by atoms with E-state index in [0.29, 0.717) is 29.8 Å². The van der Waals surface area contributed by atoms with Crippen LogP contribution >= 0.6 is 0 Å². The number of nitrogens with one attached hydrogen (secondary N) is 4. The van der Waals surface area contributed by atoms with Crippen LogP contribution in [0.2, 0.25) is 0 Å². The first kappa shape index (κ1) is 31.2. The van der Waals surface area contributed by atoms with Crippen LogP contribution in [0.1, 0.15) is 30.4 Å². The molecule has 0 atom stereocenters. The second-order valence-corrected chi connectivity index (χ2v) is 11.5. The number of piperidine rings is 1. The zero-order valence-corrected chi connectivity index (χ0v) is 25.6. The summed E-state index contributed by atoms with van der Waals surface area (Å²) in [6, 6.07) is 16.1. The molecule has 4 aromatic rings. The van der Waals surface area contributed by atoms with Crippen LogP contribution in [0.15, 0.2) is 61.1 Å². The van der Waals surface area contributed by atoms with Crippen molar-refractivity contribution in [1.29, 1.82) is 0 Å². The van der Waals surface area contributed by atoms with Gasteiger partial charge in [-0.15, -0.1) is 0 Å².